The monoisotopic (exact) mass is 489 g/mol. The van der Waals surface area contributed by atoms with Crippen LogP contribution < -0.4 is 19.5 Å². The smallest absolute Gasteiger partial charge is 0.255 e. The molecule has 2 aromatic rings. The predicted octanol–water partition coefficient (Wildman–Crippen LogP) is 2.64. The molecule has 0 bridgehead atoms. The van der Waals surface area contributed by atoms with Crippen LogP contribution in [0.15, 0.2) is 35.2 Å². The van der Waals surface area contributed by atoms with Gasteiger partial charge in [0.15, 0.2) is 11.5 Å². The molecule has 0 aromatic heterocycles. The van der Waals surface area contributed by atoms with Crippen LogP contribution in [0.25, 0.3) is 0 Å². The van der Waals surface area contributed by atoms with Gasteiger partial charge in [-0.1, -0.05) is 0 Å². The van der Waals surface area contributed by atoms with E-state index in [0.717, 1.165) is 0 Å². The summed E-state index contributed by atoms with van der Waals surface area (Å²) in [6, 6.07) is 9.19. The van der Waals surface area contributed by atoms with E-state index in [0.29, 0.717) is 37.9 Å². The highest BCUT2D eigenvalue weighted by molar-refractivity contribution is 7.89. The number of sulfonamides is 1. The molecule has 1 saturated heterocycles. The number of rotatable bonds is 9. The van der Waals surface area contributed by atoms with Crippen molar-refractivity contribution in [2.45, 2.75) is 18.7 Å². The first-order valence-electron chi connectivity index (χ1n) is 10.8. The Balaban J connectivity index is 1.96. The van der Waals surface area contributed by atoms with Crippen molar-refractivity contribution >= 4 is 21.6 Å². The average Bonchev–Trinajstić information content (AvgIpc) is 2.85. The molecule has 11 heteroatoms. The van der Waals surface area contributed by atoms with Crippen LogP contribution in [0.3, 0.4) is 0 Å². The van der Waals surface area contributed by atoms with Crippen LogP contribution in [0.1, 0.15) is 29.8 Å². The lowest BCUT2D eigenvalue weighted by Gasteiger charge is -2.26. The van der Waals surface area contributed by atoms with E-state index in [9.17, 15) is 18.5 Å². The second-order valence-corrected chi connectivity index (χ2v) is 9.06. The van der Waals surface area contributed by atoms with E-state index in [4.69, 9.17) is 18.9 Å². The van der Waals surface area contributed by atoms with Gasteiger partial charge in [-0.3, -0.25) is 4.79 Å². The van der Waals surface area contributed by atoms with E-state index in [2.05, 4.69) is 5.32 Å². The Morgan fingerprint density at radius 3 is 2.32 bits per heavy atom. The van der Waals surface area contributed by atoms with Crippen molar-refractivity contribution in [1.82, 2.24) is 4.31 Å². The topological polar surface area (TPSA) is 127 Å². The normalized spacial score (nSPS) is 14.2. The number of nitriles is 1. The number of nitrogens with zero attached hydrogens (tertiary/aromatic N) is 2. The number of amides is 1. The van der Waals surface area contributed by atoms with Crippen molar-refractivity contribution in [3.8, 4) is 23.3 Å². The van der Waals surface area contributed by atoms with Crippen molar-refractivity contribution in [2.24, 2.45) is 0 Å². The number of hydrogen-bond donors (Lipinski definition) is 1. The summed E-state index contributed by atoms with van der Waals surface area (Å²) in [5.41, 5.74) is 0.478. The van der Waals surface area contributed by atoms with Crippen molar-refractivity contribution < 1.29 is 32.2 Å². The standard InChI is InChI=1S/C23H27N3O7S/c1-4-32-20-12-17(15-24)18(14-21(20)33-5-2)25-23(27)16-6-7-19(30-3)22(13-16)34(28,29)26-8-10-31-11-9-26/h6-7,12-14H,4-5,8-11H2,1-3H3,(H,25,27). The van der Waals surface area contributed by atoms with E-state index >= 15 is 0 Å². The molecule has 3 rings (SSSR count). The van der Waals surface area contributed by atoms with Crippen LogP contribution in [-0.2, 0) is 14.8 Å². The molecule has 1 aliphatic heterocycles. The van der Waals surface area contributed by atoms with Crippen LogP contribution in [0, 0.1) is 11.3 Å². The van der Waals surface area contributed by atoms with Gasteiger partial charge < -0.3 is 24.3 Å². The maximum Gasteiger partial charge on any atom is 0.255 e. The SMILES string of the molecule is CCOc1cc(C#N)c(NC(=O)c2ccc(OC)c(S(=O)(=O)N3CCOCC3)c2)cc1OCC. The van der Waals surface area contributed by atoms with Crippen LogP contribution in [0.2, 0.25) is 0 Å². The maximum atomic E-state index is 13.2. The first kappa shape index (κ1) is 25.3. The Hall–Kier alpha value is -3.33. The summed E-state index contributed by atoms with van der Waals surface area (Å²) in [6.07, 6.45) is 0. The molecule has 1 heterocycles. The van der Waals surface area contributed by atoms with Gasteiger partial charge >= 0.3 is 0 Å². The fraction of sp³-hybridized carbons (Fsp3) is 0.391. The zero-order chi connectivity index (χ0) is 24.7. The summed E-state index contributed by atoms with van der Waals surface area (Å²) < 4.78 is 49.3. The minimum absolute atomic E-state index is 0.0865. The van der Waals surface area contributed by atoms with Gasteiger partial charge in [-0.15, -0.1) is 0 Å². The second-order valence-electron chi connectivity index (χ2n) is 7.16. The summed E-state index contributed by atoms with van der Waals surface area (Å²) in [7, 11) is -2.55. The molecule has 2 aromatic carbocycles. The molecular formula is C23H27N3O7S. The highest BCUT2D eigenvalue weighted by Crippen LogP contribution is 2.34. The highest BCUT2D eigenvalue weighted by Gasteiger charge is 2.30. The zero-order valence-corrected chi connectivity index (χ0v) is 20.1. The molecule has 0 radical (unpaired) electrons. The van der Waals surface area contributed by atoms with E-state index in [1.807, 2.05) is 13.0 Å². The zero-order valence-electron chi connectivity index (χ0n) is 19.3. The van der Waals surface area contributed by atoms with E-state index in [1.165, 1.54) is 41.7 Å². The minimum atomic E-state index is -3.91. The maximum absolute atomic E-state index is 13.2. The largest absolute Gasteiger partial charge is 0.495 e. The van der Waals surface area contributed by atoms with Crippen molar-refractivity contribution in [2.75, 3.05) is 51.9 Å². The Labute approximate surface area is 199 Å². The van der Waals surface area contributed by atoms with Crippen molar-refractivity contribution in [3.63, 3.8) is 0 Å². The Bertz CT molecular complexity index is 1190. The fourth-order valence-corrected chi connectivity index (χ4v) is 5.02. The number of nitrogens with one attached hydrogen (secondary N) is 1. The lowest BCUT2D eigenvalue weighted by Crippen LogP contribution is -2.40. The predicted molar refractivity (Wildman–Crippen MR) is 124 cm³/mol. The second kappa shape index (κ2) is 11.2. The van der Waals surface area contributed by atoms with Gasteiger partial charge in [-0.05, 0) is 32.0 Å². The van der Waals surface area contributed by atoms with Gasteiger partial charge in [0.1, 0.15) is 16.7 Å². The Morgan fingerprint density at radius 2 is 1.74 bits per heavy atom. The lowest BCUT2D eigenvalue weighted by molar-refractivity contribution is 0.0729. The molecule has 1 fully saturated rings. The highest BCUT2D eigenvalue weighted by atomic mass is 32.2. The fourth-order valence-electron chi connectivity index (χ4n) is 3.43. The molecule has 1 amide bonds. The third-order valence-electron chi connectivity index (χ3n) is 5.07. The molecule has 0 atom stereocenters. The number of benzene rings is 2. The molecule has 182 valence electrons. The van der Waals surface area contributed by atoms with Crippen LogP contribution >= 0.6 is 0 Å². The molecule has 0 unspecified atom stereocenters. The molecule has 0 spiro atoms. The molecule has 0 aliphatic carbocycles. The van der Waals surface area contributed by atoms with Crippen molar-refractivity contribution in [1.29, 1.82) is 5.26 Å². The van der Waals surface area contributed by atoms with E-state index in [-0.39, 0.29) is 40.5 Å². The van der Waals surface area contributed by atoms with E-state index in [1.54, 1.807) is 6.92 Å². The van der Waals surface area contributed by atoms with Crippen LogP contribution in [0.5, 0.6) is 17.2 Å². The summed E-state index contributed by atoms with van der Waals surface area (Å²) in [4.78, 5) is 12.9. The summed E-state index contributed by atoms with van der Waals surface area (Å²) >= 11 is 0. The van der Waals surface area contributed by atoms with Crippen molar-refractivity contribution in [3.05, 3.63) is 41.5 Å². The number of hydrogen-bond acceptors (Lipinski definition) is 8. The van der Waals surface area contributed by atoms with Crippen LogP contribution in [-0.4, -0.2) is 65.3 Å². The van der Waals surface area contributed by atoms with Gasteiger partial charge in [-0.25, -0.2) is 8.42 Å². The number of carbonyl (C=O) groups is 1. The average molecular weight is 490 g/mol. The molecule has 0 saturated carbocycles. The molecular weight excluding hydrogens is 462 g/mol. The summed E-state index contributed by atoms with van der Waals surface area (Å²) in [6.45, 7) is 5.35. The summed E-state index contributed by atoms with van der Waals surface area (Å²) in [5.74, 6) is 0.302. The third kappa shape index (κ3) is 5.41. The van der Waals surface area contributed by atoms with E-state index < -0.39 is 15.9 Å². The molecule has 10 nitrogen and oxygen atoms in total. The number of methoxy groups -OCH3 is 1. The van der Waals surface area contributed by atoms with Gasteiger partial charge in [0.05, 0.1) is 44.8 Å². The van der Waals surface area contributed by atoms with Gasteiger partial charge in [0.25, 0.3) is 5.91 Å². The van der Waals surface area contributed by atoms with Crippen LogP contribution in [0.4, 0.5) is 5.69 Å². The van der Waals surface area contributed by atoms with Gasteiger partial charge in [0, 0.05) is 30.8 Å². The first-order chi connectivity index (χ1) is 16.3. The Morgan fingerprint density at radius 1 is 1.09 bits per heavy atom. The number of anilines is 1. The van der Waals surface area contributed by atoms with Gasteiger partial charge in [0.2, 0.25) is 10.0 Å². The lowest BCUT2D eigenvalue weighted by atomic mass is 10.1. The van der Waals surface area contributed by atoms with Gasteiger partial charge in [-0.2, -0.15) is 9.57 Å². The summed E-state index contributed by atoms with van der Waals surface area (Å²) in [5, 5.41) is 12.2. The number of ether oxygens (including phenoxy) is 4. The number of morpholine rings is 1. The number of carbonyl (C=O) groups excluding carboxylic acids is 1. The Kier molecular flexibility index (Phi) is 8.33. The third-order valence-corrected chi connectivity index (χ3v) is 6.99. The molecule has 1 N–H and O–H groups in total. The minimum Gasteiger partial charge on any atom is -0.495 e. The first-order valence-corrected chi connectivity index (χ1v) is 12.2. The molecule has 1 aliphatic rings. The molecule has 34 heavy (non-hydrogen) atoms. The quantitative estimate of drug-likeness (QED) is 0.570.